The Morgan fingerprint density at radius 2 is 1.73 bits per heavy atom. The molecule has 0 spiro atoms. The van der Waals surface area contributed by atoms with E-state index in [1.807, 2.05) is 0 Å². The molecule has 1 rings (SSSR count). The van der Waals surface area contributed by atoms with E-state index in [4.69, 9.17) is 0 Å². The van der Waals surface area contributed by atoms with Crippen molar-refractivity contribution in [1.29, 1.82) is 0 Å². The van der Waals surface area contributed by atoms with Crippen molar-refractivity contribution in [3.05, 3.63) is 35.4 Å². The third-order valence-corrected chi connectivity index (χ3v) is 3.13. The van der Waals surface area contributed by atoms with Gasteiger partial charge in [-0.1, -0.05) is 19.1 Å². The largest absolute Gasteiger partial charge is 0.416 e. The van der Waals surface area contributed by atoms with Crippen molar-refractivity contribution >= 4 is 11.8 Å². The number of rotatable bonds is 4. The molecule has 0 unspecified atom stereocenters. The number of benzene rings is 1. The Morgan fingerprint density at radius 1 is 1.13 bits per heavy atom. The van der Waals surface area contributed by atoms with Gasteiger partial charge in [-0.2, -0.15) is 24.9 Å². The Morgan fingerprint density at radius 3 is 2.20 bits per heavy atom. The van der Waals surface area contributed by atoms with Gasteiger partial charge in [0.2, 0.25) is 0 Å². The summed E-state index contributed by atoms with van der Waals surface area (Å²) in [7, 11) is 0. The molecule has 0 fully saturated rings. The quantitative estimate of drug-likeness (QED) is 0.698. The first-order chi connectivity index (χ1) is 7.04. The second-order valence-electron chi connectivity index (χ2n) is 3.25. The Bertz CT molecular complexity index is 290. The summed E-state index contributed by atoms with van der Waals surface area (Å²) in [6, 6.07) is 5.38. The minimum Gasteiger partial charge on any atom is -0.166 e. The second kappa shape index (κ2) is 5.45. The normalized spacial score (nSPS) is 11.7. The molecule has 0 aromatic heterocycles. The Balaban J connectivity index is 2.57. The van der Waals surface area contributed by atoms with Crippen LogP contribution in [0.2, 0.25) is 0 Å². The van der Waals surface area contributed by atoms with E-state index in [0.717, 1.165) is 35.6 Å². The molecule has 1 aromatic carbocycles. The maximum atomic E-state index is 12.2. The predicted molar refractivity (Wildman–Crippen MR) is 57.9 cm³/mol. The molecule has 0 atom stereocenters. The Labute approximate surface area is 91.9 Å². The number of thioether (sulfide) groups is 1. The fraction of sp³-hybridized carbons (Fsp3) is 0.455. The molecule has 15 heavy (non-hydrogen) atoms. The average Bonchev–Trinajstić information content (AvgIpc) is 2.18. The highest BCUT2D eigenvalue weighted by Crippen LogP contribution is 2.29. The summed E-state index contributed by atoms with van der Waals surface area (Å²) < 4.78 is 36.7. The van der Waals surface area contributed by atoms with Crippen LogP contribution in [0.1, 0.15) is 24.5 Å². The molecular formula is C11H13F3S. The molecule has 0 aliphatic carbocycles. The molecular weight excluding hydrogens is 221 g/mol. The van der Waals surface area contributed by atoms with Crippen molar-refractivity contribution < 1.29 is 13.2 Å². The lowest BCUT2D eigenvalue weighted by Crippen LogP contribution is -2.04. The van der Waals surface area contributed by atoms with Crippen molar-refractivity contribution in [3.8, 4) is 0 Å². The van der Waals surface area contributed by atoms with Gasteiger partial charge in [-0.25, -0.2) is 0 Å². The molecule has 0 nitrogen and oxygen atoms in total. The van der Waals surface area contributed by atoms with E-state index in [-0.39, 0.29) is 0 Å². The maximum Gasteiger partial charge on any atom is 0.416 e. The number of halogens is 3. The first-order valence-electron chi connectivity index (χ1n) is 4.78. The van der Waals surface area contributed by atoms with E-state index in [2.05, 4.69) is 6.92 Å². The van der Waals surface area contributed by atoms with Crippen LogP contribution in [0.25, 0.3) is 0 Å². The van der Waals surface area contributed by atoms with E-state index in [9.17, 15) is 13.2 Å². The highest BCUT2D eigenvalue weighted by molar-refractivity contribution is 7.98. The van der Waals surface area contributed by atoms with Crippen LogP contribution in [0, 0.1) is 0 Å². The highest BCUT2D eigenvalue weighted by atomic mass is 32.2. The lowest BCUT2D eigenvalue weighted by atomic mass is 10.1. The summed E-state index contributed by atoms with van der Waals surface area (Å²) >= 11 is 1.74. The fourth-order valence-electron chi connectivity index (χ4n) is 1.12. The first kappa shape index (κ1) is 12.4. The smallest absolute Gasteiger partial charge is 0.166 e. The monoisotopic (exact) mass is 234 g/mol. The first-order valence-corrected chi connectivity index (χ1v) is 5.93. The molecule has 0 heterocycles. The summed E-state index contributed by atoms with van der Waals surface area (Å²) in [6.45, 7) is 2.08. The van der Waals surface area contributed by atoms with Gasteiger partial charge < -0.3 is 0 Å². The molecule has 1 aromatic rings. The molecule has 0 amide bonds. The van der Waals surface area contributed by atoms with Crippen LogP contribution < -0.4 is 0 Å². The van der Waals surface area contributed by atoms with Crippen LogP contribution in [0.4, 0.5) is 13.2 Å². The van der Waals surface area contributed by atoms with Crippen LogP contribution in [0.3, 0.4) is 0 Å². The molecule has 0 radical (unpaired) electrons. The third kappa shape index (κ3) is 4.16. The zero-order valence-electron chi connectivity index (χ0n) is 8.47. The van der Waals surface area contributed by atoms with Gasteiger partial charge in [-0.3, -0.25) is 0 Å². The molecule has 0 N–H and O–H groups in total. The van der Waals surface area contributed by atoms with Crippen molar-refractivity contribution in [2.24, 2.45) is 0 Å². The zero-order valence-corrected chi connectivity index (χ0v) is 9.29. The summed E-state index contributed by atoms with van der Waals surface area (Å²) in [5, 5.41) is 0. The second-order valence-corrected chi connectivity index (χ2v) is 4.35. The summed E-state index contributed by atoms with van der Waals surface area (Å²) in [5.74, 6) is 1.83. The van der Waals surface area contributed by atoms with Crippen LogP contribution in [0.5, 0.6) is 0 Å². The van der Waals surface area contributed by atoms with E-state index in [1.54, 1.807) is 23.9 Å². The predicted octanol–water partition coefficient (Wildman–Crippen LogP) is 4.35. The van der Waals surface area contributed by atoms with Crippen LogP contribution in [-0.4, -0.2) is 5.75 Å². The van der Waals surface area contributed by atoms with Crippen molar-refractivity contribution in [1.82, 2.24) is 0 Å². The van der Waals surface area contributed by atoms with E-state index in [0.29, 0.717) is 0 Å². The summed E-state index contributed by atoms with van der Waals surface area (Å²) in [6.07, 6.45) is -3.14. The summed E-state index contributed by atoms with van der Waals surface area (Å²) in [5.41, 5.74) is 0.369. The average molecular weight is 234 g/mol. The standard InChI is InChI=1S/C11H13F3S/c1-2-7-15-8-9-3-5-10(6-4-9)11(12,13)14/h3-6H,2,7-8H2,1H3. The topological polar surface area (TPSA) is 0 Å². The fourth-order valence-corrected chi connectivity index (χ4v) is 1.99. The van der Waals surface area contributed by atoms with E-state index >= 15 is 0 Å². The van der Waals surface area contributed by atoms with E-state index in [1.165, 1.54) is 0 Å². The van der Waals surface area contributed by atoms with Crippen molar-refractivity contribution in [3.63, 3.8) is 0 Å². The van der Waals surface area contributed by atoms with Crippen LogP contribution in [-0.2, 0) is 11.9 Å². The SMILES string of the molecule is CCCSCc1ccc(C(F)(F)F)cc1. The summed E-state index contributed by atoms with van der Waals surface area (Å²) in [4.78, 5) is 0. The number of hydrogen-bond donors (Lipinski definition) is 0. The van der Waals surface area contributed by atoms with Gasteiger partial charge in [0.05, 0.1) is 5.56 Å². The molecule has 0 saturated carbocycles. The molecule has 0 saturated heterocycles. The minimum atomic E-state index is -4.23. The van der Waals surface area contributed by atoms with Crippen LogP contribution >= 0.6 is 11.8 Å². The molecule has 4 heteroatoms. The Kier molecular flexibility index (Phi) is 4.51. The van der Waals surface area contributed by atoms with Gasteiger partial charge in [0.25, 0.3) is 0 Å². The maximum absolute atomic E-state index is 12.2. The van der Waals surface area contributed by atoms with Crippen LogP contribution in [0.15, 0.2) is 24.3 Å². The third-order valence-electron chi connectivity index (χ3n) is 1.90. The van der Waals surface area contributed by atoms with Gasteiger partial charge in [-0.15, -0.1) is 0 Å². The van der Waals surface area contributed by atoms with Crippen molar-refractivity contribution in [2.75, 3.05) is 5.75 Å². The van der Waals surface area contributed by atoms with E-state index < -0.39 is 11.7 Å². The zero-order chi connectivity index (χ0) is 11.3. The van der Waals surface area contributed by atoms with Gasteiger partial charge in [0.1, 0.15) is 0 Å². The molecule has 0 aliphatic heterocycles. The Hall–Kier alpha value is -0.640. The lowest BCUT2D eigenvalue weighted by Gasteiger charge is -2.07. The van der Waals surface area contributed by atoms with Gasteiger partial charge in [0.15, 0.2) is 0 Å². The van der Waals surface area contributed by atoms with Crippen molar-refractivity contribution in [2.45, 2.75) is 25.3 Å². The van der Waals surface area contributed by atoms with Gasteiger partial charge in [0, 0.05) is 5.75 Å². The van der Waals surface area contributed by atoms with Gasteiger partial charge in [-0.05, 0) is 29.9 Å². The minimum absolute atomic E-state index is 0.577. The number of hydrogen-bond acceptors (Lipinski definition) is 1. The van der Waals surface area contributed by atoms with Gasteiger partial charge >= 0.3 is 6.18 Å². The molecule has 0 aliphatic rings. The lowest BCUT2D eigenvalue weighted by molar-refractivity contribution is -0.137. The molecule has 0 bridgehead atoms. The molecule has 84 valence electrons. The number of alkyl halides is 3. The highest BCUT2D eigenvalue weighted by Gasteiger charge is 2.29.